The molecule has 0 spiro atoms. The number of imidazole rings is 1. The number of hydrogen-bond donors (Lipinski definition) is 1. The van der Waals surface area contributed by atoms with Crippen molar-refractivity contribution >= 4 is 11.0 Å². The van der Waals surface area contributed by atoms with Crippen molar-refractivity contribution in [2.75, 3.05) is 0 Å². The van der Waals surface area contributed by atoms with Crippen molar-refractivity contribution in [3.63, 3.8) is 0 Å². The van der Waals surface area contributed by atoms with Gasteiger partial charge in [0, 0.05) is 22.9 Å². The van der Waals surface area contributed by atoms with E-state index in [2.05, 4.69) is 242 Å². The van der Waals surface area contributed by atoms with Crippen LogP contribution >= 0.6 is 0 Å². The van der Waals surface area contributed by atoms with Crippen molar-refractivity contribution in [2.45, 2.75) is 132 Å². The van der Waals surface area contributed by atoms with Crippen LogP contribution in [0.5, 0.6) is 5.75 Å². The Morgan fingerprint density at radius 1 is 0.493 bits per heavy atom. The lowest BCUT2D eigenvalue weighted by atomic mass is 9.65. The molecule has 2 aromatic heterocycles. The zero-order chi connectivity index (χ0) is 48.4. The minimum atomic E-state index is -0.146. The van der Waals surface area contributed by atoms with Gasteiger partial charge in [-0.2, -0.15) is 0 Å². The van der Waals surface area contributed by atoms with Crippen LogP contribution in [-0.4, -0.2) is 19.6 Å². The molecule has 4 heteroatoms. The molecule has 344 valence electrons. The summed E-state index contributed by atoms with van der Waals surface area (Å²) in [6.07, 6.45) is 1.93. The van der Waals surface area contributed by atoms with Crippen molar-refractivity contribution in [3.8, 4) is 67.5 Å². The van der Waals surface area contributed by atoms with E-state index in [0.29, 0.717) is 5.82 Å². The first-order valence-electron chi connectivity index (χ1n) is 24.3. The van der Waals surface area contributed by atoms with Crippen molar-refractivity contribution < 1.29 is 5.11 Å². The molecule has 0 aliphatic carbocycles. The Morgan fingerprint density at radius 2 is 1.15 bits per heavy atom. The third-order valence-electron chi connectivity index (χ3n) is 14.5. The molecule has 4 nitrogen and oxygen atoms in total. The van der Waals surface area contributed by atoms with Crippen LogP contribution in [0.25, 0.3) is 72.7 Å². The van der Waals surface area contributed by atoms with E-state index >= 15 is 0 Å². The fraction of sp³-hybridized carbons (Fsp3) is 0.333. The number of aromatic nitrogens is 3. The van der Waals surface area contributed by atoms with E-state index in [4.69, 9.17) is 9.97 Å². The van der Waals surface area contributed by atoms with Crippen molar-refractivity contribution in [1.29, 1.82) is 0 Å². The van der Waals surface area contributed by atoms with E-state index < -0.39 is 0 Å². The number of pyridine rings is 1. The van der Waals surface area contributed by atoms with Crippen LogP contribution in [0.4, 0.5) is 0 Å². The normalized spacial score (nSPS) is 12.7. The molecule has 0 amide bonds. The van der Waals surface area contributed by atoms with Gasteiger partial charge < -0.3 is 5.11 Å². The molecule has 0 aliphatic heterocycles. The maximum Gasteiger partial charge on any atom is 0.149 e. The Labute approximate surface area is 401 Å². The molecule has 67 heavy (non-hydrogen) atoms. The second-order valence-electron chi connectivity index (χ2n) is 23.0. The Balaban J connectivity index is 1.42. The van der Waals surface area contributed by atoms with Gasteiger partial charge in [-0.25, -0.2) is 4.98 Å². The summed E-state index contributed by atoms with van der Waals surface area (Å²) in [5.41, 5.74) is 17.9. The van der Waals surface area contributed by atoms with Gasteiger partial charge in [-0.15, -0.1) is 0 Å². The number of benzene rings is 6. The van der Waals surface area contributed by atoms with Crippen LogP contribution in [0.3, 0.4) is 0 Å². The highest BCUT2D eigenvalue weighted by Crippen LogP contribution is 2.47. The third kappa shape index (κ3) is 9.12. The van der Waals surface area contributed by atoms with E-state index in [0.717, 1.165) is 66.9 Å². The second kappa shape index (κ2) is 17.4. The summed E-state index contributed by atoms with van der Waals surface area (Å²) in [4.78, 5) is 10.7. The molecule has 0 fully saturated rings. The van der Waals surface area contributed by atoms with Gasteiger partial charge in [0.2, 0.25) is 0 Å². The summed E-state index contributed by atoms with van der Waals surface area (Å²) in [7, 11) is 0. The maximum atomic E-state index is 12.4. The molecule has 0 bridgehead atoms. The minimum Gasteiger partial charge on any atom is -0.507 e. The predicted molar refractivity (Wildman–Crippen MR) is 286 cm³/mol. The summed E-state index contributed by atoms with van der Waals surface area (Å²) >= 11 is 0. The summed E-state index contributed by atoms with van der Waals surface area (Å²) in [6.45, 7) is 34.0. The van der Waals surface area contributed by atoms with Crippen molar-refractivity contribution in [2.24, 2.45) is 5.41 Å². The summed E-state index contributed by atoms with van der Waals surface area (Å²) in [6, 6.07) is 48.8. The van der Waals surface area contributed by atoms with Gasteiger partial charge >= 0.3 is 0 Å². The number of para-hydroxylation sites is 1. The van der Waals surface area contributed by atoms with Crippen LogP contribution in [0.2, 0.25) is 0 Å². The second-order valence-corrected chi connectivity index (χ2v) is 23.0. The van der Waals surface area contributed by atoms with Crippen molar-refractivity contribution in [3.05, 3.63) is 167 Å². The monoisotopic (exact) mass is 886 g/mol. The smallest absolute Gasteiger partial charge is 0.149 e. The highest BCUT2D eigenvalue weighted by atomic mass is 16.3. The fourth-order valence-electron chi connectivity index (χ4n) is 9.08. The average Bonchev–Trinajstić information content (AvgIpc) is 3.67. The van der Waals surface area contributed by atoms with Gasteiger partial charge in [-0.1, -0.05) is 189 Å². The molecule has 6 aromatic carbocycles. The Morgan fingerprint density at radius 3 is 1.78 bits per heavy atom. The lowest BCUT2D eigenvalue weighted by molar-refractivity contribution is 0.225. The zero-order valence-corrected chi connectivity index (χ0v) is 42.7. The lowest BCUT2D eigenvalue weighted by Crippen LogP contribution is -2.34. The number of phenolic OH excluding ortho intramolecular Hbond substituents is 1. The van der Waals surface area contributed by atoms with E-state index in [9.17, 15) is 5.11 Å². The number of nitrogens with zero attached hydrogens (tertiary/aromatic N) is 3. The van der Waals surface area contributed by atoms with E-state index in [1.165, 1.54) is 27.8 Å². The van der Waals surface area contributed by atoms with Crippen molar-refractivity contribution in [1.82, 2.24) is 14.5 Å². The van der Waals surface area contributed by atoms with Crippen LogP contribution in [0.15, 0.2) is 140 Å². The highest BCUT2D eigenvalue weighted by Gasteiger charge is 2.35. The first kappa shape index (κ1) is 47.2. The summed E-state index contributed by atoms with van der Waals surface area (Å²) in [5, 5.41) is 12.4. The Kier molecular flexibility index (Phi) is 12.3. The number of rotatable bonds is 9. The van der Waals surface area contributed by atoms with Crippen LogP contribution < -0.4 is 0 Å². The fourth-order valence-corrected chi connectivity index (χ4v) is 9.08. The van der Waals surface area contributed by atoms with E-state index in [1.54, 1.807) is 0 Å². The first-order chi connectivity index (χ1) is 31.4. The molecule has 0 saturated heterocycles. The molecule has 8 aromatic rings. The summed E-state index contributed by atoms with van der Waals surface area (Å²) in [5.74, 6) is 1.35. The topological polar surface area (TPSA) is 50.9 Å². The minimum absolute atomic E-state index is 0.00947. The summed E-state index contributed by atoms with van der Waals surface area (Å²) < 4.78 is 2.31. The number of hydrogen-bond acceptors (Lipinski definition) is 3. The number of aromatic hydroxyl groups is 1. The van der Waals surface area contributed by atoms with Gasteiger partial charge in [-0.3, -0.25) is 9.55 Å². The van der Waals surface area contributed by atoms with Gasteiger partial charge in [-0.05, 0) is 132 Å². The molecular weight excluding hydrogens is 815 g/mol. The molecular formula is C63H71N3O. The predicted octanol–water partition coefficient (Wildman–Crippen LogP) is 17.6. The molecule has 0 saturated carbocycles. The largest absolute Gasteiger partial charge is 0.507 e. The van der Waals surface area contributed by atoms with Gasteiger partial charge in [0.05, 0.1) is 28.0 Å². The maximum absolute atomic E-state index is 12.4. The van der Waals surface area contributed by atoms with Crippen LogP contribution in [0.1, 0.15) is 144 Å². The molecule has 0 atom stereocenters. The first-order valence-corrected chi connectivity index (χ1v) is 24.3. The number of fused-ring (bicyclic) bond motifs is 1. The molecule has 0 aliphatic rings. The highest BCUT2D eigenvalue weighted by molar-refractivity contribution is 5.98. The number of phenols is 1. The molecule has 0 radical (unpaired) electrons. The molecule has 0 unspecified atom stereocenters. The molecule has 8 rings (SSSR count). The molecule has 2 heterocycles. The third-order valence-corrected chi connectivity index (χ3v) is 14.5. The standard InChI is InChI=1S/C63H71N3O/c1-39(2)44-35-51(40(3)4)58(67)53(36-44)59-65-57-50(22-19-23-56(57)66(59)55-29-28-48(63(14,15)62(11,12)13)38-52(55)42-20-17-16-18-21-42)45-32-46(34-49(33-45)61(8,9)10)54-37-43(30-31-64-54)41-24-26-47(27-25-41)60(5,6)7/h16-40,67H,1-15H3. The van der Waals surface area contributed by atoms with E-state index in [1.807, 2.05) is 6.20 Å². The van der Waals surface area contributed by atoms with Crippen LogP contribution in [0, 0.1) is 5.41 Å². The van der Waals surface area contributed by atoms with E-state index in [-0.39, 0.29) is 39.2 Å². The Bertz CT molecular complexity index is 3090. The quantitative estimate of drug-likeness (QED) is 0.157. The van der Waals surface area contributed by atoms with Gasteiger partial charge in [0.25, 0.3) is 0 Å². The van der Waals surface area contributed by atoms with Crippen LogP contribution in [-0.2, 0) is 16.2 Å². The SMILES string of the molecule is CC(C)c1cc(-c2nc3c(-c4cc(-c5cc(-c6ccc(C(C)(C)C)cc6)ccn5)cc(C(C)(C)C)c4)cccc3n2-c2ccc(C(C)(C)C(C)(C)C)cc2-c2ccccc2)c(O)c(C(C)C)c1. The zero-order valence-electron chi connectivity index (χ0n) is 42.7. The average molecular weight is 886 g/mol. The molecule has 1 N–H and O–H groups in total. The Hall–Kier alpha value is -6.26. The van der Waals surface area contributed by atoms with Gasteiger partial charge in [0.1, 0.15) is 11.6 Å². The lowest BCUT2D eigenvalue weighted by Gasteiger charge is -2.40. The van der Waals surface area contributed by atoms with Gasteiger partial charge in [0.15, 0.2) is 0 Å².